The number of amides is 2. The lowest BCUT2D eigenvalue weighted by atomic mass is 9.94. The molecule has 138 valence electrons. The van der Waals surface area contributed by atoms with E-state index in [1.165, 1.54) is 18.1 Å². The summed E-state index contributed by atoms with van der Waals surface area (Å²) in [5.74, 6) is 0.112. The molecule has 2 heterocycles. The van der Waals surface area contributed by atoms with Crippen LogP contribution in [0.1, 0.15) is 47.3 Å². The van der Waals surface area contributed by atoms with Crippen LogP contribution in [0.25, 0.3) is 0 Å². The van der Waals surface area contributed by atoms with Gasteiger partial charge in [-0.25, -0.2) is 0 Å². The van der Waals surface area contributed by atoms with Crippen LogP contribution in [0, 0.1) is 12.8 Å². The Balaban J connectivity index is 1.57. The van der Waals surface area contributed by atoms with E-state index in [9.17, 15) is 9.59 Å². The van der Waals surface area contributed by atoms with E-state index in [0.29, 0.717) is 31.5 Å². The van der Waals surface area contributed by atoms with E-state index in [1.54, 1.807) is 11.0 Å². The van der Waals surface area contributed by atoms with Gasteiger partial charge in [0.25, 0.3) is 5.91 Å². The standard InChI is InChI=1S/C21H26N2O3/c1-15-4-6-17(7-5-15)16(2)22(3)20(24)18-8-11-23(12-9-18)21(25)19-10-13-26-14-19/h4-7,10,13-14,16,18H,8-9,11-12H2,1-3H3. The second kappa shape index (κ2) is 7.77. The Hall–Kier alpha value is -2.56. The molecule has 0 spiro atoms. The molecule has 2 aromatic rings. The zero-order valence-corrected chi connectivity index (χ0v) is 15.6. The third kappa shape index (κ3) is 3.82. The SMILES string of the molecule is Cc1ccc(C(C)N(C)C(=O)C2CCN(C(=O)c3ccoc3)CC2)cc1. The zero-order chi connectivity index (χ0) is 18.7. The van der Waals surface area contributed by atoms with Crippen LogP contribution in [0.15, 0.2) is 47.3 Å². The molecule has 0 N–H and O–H groups in total. The summed E-state index contributed by atoms with van der Waals surface area (Å²) in [6, 6.07) is 10.0. The first kappa shape index (κ1) is 18.2. The highest BCUT2D eigenvalue weighted by atomic mass is 16.3. The number of aryl methyl sites for hydroxylation is 1. The number of carbonyl (C=O) groups excluding carboxylic acids is 2. The van der Waals surface area contributed by atoms with Gasteiger partial charge in [0.05, 0.1) is 17.9 Å². The molecule has 1 atom stereocenters. The smallest absolute Gasteiger partial charge is 0.257 e. The molecular formula is C21H26N2O3. The van der Waals surface area contributed by atoms with Crippen molar-refractivity contribution < 1.29 is 14.0 Å². The topological polar surface area (TPSA) is 53.8 Å². The Kier molecular flexibility index (Phi) is 5.45. The summed E-state index contributed by atoms with van der Waals surface area (Å²) in [5.41, 5.74) is 2.92. The molecule has 1 aromatic heterocycles. The molecule has 26 heavy (non-hydrogen) atoms. The highest BCUT2D eigenvalue weighted by Crippen LogP contribution is 2.26. The highest BCUT2D eigenvalue weighted by Gasteiger charge is 2.31. The molecule has 1 unspecified atom stereocenters. The number of likely N-dealkylation sites (tertiary alicyclic amines) is 1. The van der Waals surface area contributed by atoms with Gasteiger partial charge in [-0.3, -0.25) is 9.59 Å². The first-order valence-corrected chi connectivity index (χ1v) is 9.12. The fourth-order valence-corrected chi connectivity index (χ4v) is 3.45. The summed E-state index contributed by atoms with van der Waals surface area (Å²) in [6.45, 7) is 5.32. The molecule has 1 saturated heterocycles. The average molecular weight is 354 g/mol. The molecule has 0 saturated carbocycles. The molecule has 0 radical (unpaired) electrons. The first-order chi connectivity index (χ1) is 12.5. The largest absolute Gasteiger partial charge is 0.472 e. The summed E-state index contributed by atoms with van der Waals surface area (Å²) in [6.07, 6.45) is 4.38. The minimum atomic E-state index is -0.0266. The maximum atomic E-state index is 12.9. The van der Waals surface area contributed by atoms with Crippen molar-refractivity contribution in [3.8, 4) is 0 Å². The van der Waals surface area contributed by atoms with Gasteiger partial charge >= 0.3 is 0 Å². The lowest BCUT2D eigenvalue weighted by Gasteiger charge is -2.35. The van der Waals surface area contributed by atoms with Crippen LogP contribution >= 0.6 is 0 Å². The number of carbonyl (C=O) groups is 2. The van der Waals surface area contributed by atoms with Gasteiger partial charge < -0.3 is 14.2 Å². The Morgan fingerprint density at radius 3 is 2.38 bits per heavy atom. The van der Waals surface area contributed by atoms with Gasteiger partial charge in [-0.05, 0) is 38.3 Å². The molecule has 3 rings (SSSR count). The van der Waals surface area contributed by atoms with Crippen LogP contribution in [-0.4, -0.2) is 41.8 Å². The van der Waals surface area contributed by atoms with Crippen molar-refractivity contribution in [1.82, 2.24) is 9.80 Å². The van der Waals surface area contributed by atoms with Gasteiger partial charge in [-0.2, -0.15) is 0 Å². The third-order valence-corrected chi connectivity index (χ3v) is 5.39. The number of furan rings is 1. The number of rotatable bonds is 4. The number of benzene rings is 1. The van der Waals surface area contributed by atoms with Crippen LogP contribution in [0.3, 0.4) is 0 Å². The second-order valence-corrected chi connectivity index (χ2v) is 7.11. The normalized spacial score (nSPS) is 16.3. The van der Waals surface area contributed by atoms with Gasteiger partial charge in [-0.1, -0.05) is 29.8 Å². The molecule has 1 fully saturated rings. The van der Waals surface area contributed by atoms with E-state index in [-0.39, 0.29) is 23.8 Å². The zero-order valence-electron chi connectivity index (χ0n) is 15.6. The molecule has 2 amide bonds. The number of nitrogens with zero attached hydrogens (tertiary/aromatic N) is 2. The maximum Gasteiger partial charge on any atom is 0.257 e. The predicted octanol–water partition coefficient (Wildman–Crippen LogP) is 3.66. The van der Waals surface area contributed by atoms with E-state index in [0.717, 1.165) is 5.56 Å². The van der Waals surface area contributed by atoms with Crippen molar-refractivity contribution >= 4 is 11.8 Å². The predicted molar refractivity (Wildman–Crippen MR) is 99.7 cm³/mol. The summed E-state index contributed by atoms with van der Waals surface area (Å²) >= 11 is 0. The van der Waals surface area contributed by atoms with Crippen molar-refractivity contribution in [2.45, 2.75) is 32.7 Å². The minimum absolute atomic E-state index is 0.0222. The minimum Gasteiger partial charge on any atom is -0.472 e. The summed E-state index contributed by atoms with van der Waals surface area (Å²) in [5, 5.41) is 0. The van der Waals surface area contributed by atoms with E-state index in [1.807, 2.05) is 11.9 Å². The number of hydrogen-bond donors (Lipinski definition) is 0. The Labute approximate surface area is 154 Å². The quantitative estimate of drug-likeness (QED) is 0.842. The van der Waals surface area contributed by atoms with Crippen molar-refractivity contribution in [3.05, 3.63) is 59.5 Å². The molecule has 5 nitrogen and oxygen atoms in total. The monoisotopic (exact) mass is 354 g/mol. The van der Waals surface area contributed by atoms with Gasteiger partial charge in [0.2, 0.25) is 5.91 Å². The molecule has 5 heteroatoms. The van der Waals surface area contributed by atoms with Crippen LogP contribution in [-0.2, 0) is 4.79 Å². The van der Waals surface area contributed by atoms with Crippen LogP contribution in [0.4, 0.5) is 0 Å². The van der Waals surface area contributed by atoms with Crippen molar-refractivity contribution in [3.63, 3.8) is 0 Å². The average Bonchev–Trinajstić information content (AvgIpc) is 3.21. The third-order valence-electron chi connectivity index (χ3n) is 5.39. The Morgan fingerprint density at radius 1 is 1.15 bits per heavy atom. The molecular weight excluding hydrogens is 328 g/mol. The van der Waals surface area contributed by atoms with Gasteiger partial charge in [0.15, 0.2) is 0 Å². The lowest BCUT2D eigenvalue weighted by molar-refractivity contribution is -0.137. The van der Waals surface area contributed by atoms with Crippen LogP contribution in [0.5, 0.6) is 0 Å². The van der Waals surface area contributed by atoms with Crippen LogP contribution in [0.2, 0.25) is 0 Å². The molecule has 1 aromatic carbocycles. The van der Waals surface area contributed by atoms with E-state index in [2.05, 4.69) is 38.1 Å². The first-order valence-electron chi connectivity index (χ1n) is 9.12. The highest BCUT2D eigenvalue weighted by molar-refractivity contribution is 5.94. The van der Waals surface area contributed by atoms with Gasteiger partial charge in [-0.15, -0.1) is 0 Å². The van der Waals surface area contributed by atoms with Crippen molar-refractivity contribution in [1.29, 1.82) is 0 Å². The van der Waals surface area contributed by atoms with E-state index in [4.69, 9.17) is 4.42 Å². The lowest BCUT2D eigenvalue weighted by Crippen LogP contribution is -2.43. The Morgan fingerprint density at radius 2 is 1.81 bits per heavy atom. The van der Waals surface area contributed by atoms with Crippen LogP contribution < -0.4 is 0 Å². The van der Waals surface area contributed by atoms with Crippen molar-refractivity contribution in [2.24, 2.45) is 5.92 Å². The van der Waals surface area contributed by atoms with E-state index < -0.39 is 0 Å². The number of hydrogen-bond acceptors (Lipinski definition) is 3. The number of piperidine rings is 1. The fraction of sp³-hybridized carbons (Fsp3) is 0.429. The van der Waals surface area contributed by atoms with Crippen molar-refractivity contribution in [2.75, 3.05) is 20.1 Å². The summed E-state index contributed by atoms with van der Waals surface area (Å²) in [4.78, 5) is 28.9. The molecule has 1 aliphatic heterocycles. The second-order valence-electron chi connectivity index (χ2n) is 7.11. The maximum absolute atomic E-state index is 12.9. The Bertz CT molecular complexity index is 744. The molecule has 0 bridgehead atoms. The van der Waals surface area contributed by atoms with Gasteiger partial charge in [0, 0.05) is 26.1 Å². The fourth-order valence-electron chi connectivity index (χ4n) is 3.45. The van der Waals surface area contributed by atoms with Gasteiger partial charge in [0.1, 0.15) is 6.26 Å². The molecule has 1 aliphatic rings. The molecule has 0 aliphatic carbocycles. The summed E-state index contributed by atoms with van der Waals surface area (Å²) in [7, 11) is 1.87. The summed E-state index contributed by atoms with van der Waals surface area (Å²) < 4.78 is 4.98. The van der Waals surface area contributed by atoms with E-state index >= 15 is 0 Å².